The van der Waals surface area contributed by atoms with E-state index in [2.05, 4.69) is 31.1 Å². The Hall–Kier alpha value is -1.25. The normalized spacial score (nSPS) is 13.2. The summed E-state index contributed by atoms with van der Waals surface area (Å²) in [5.41, 5.74) is 5.96. The number of aliphatic carboxylic acids is 1. The summed E-state index contributed by atoms with van der Waals surface area (Å²) < 4.78 is 1.34. The van der Waals surface area contributed by atoms with Gasteiger partial charge in [-0.05, 0) is 18.1 Å². The molecule has 0 fully saturated rings. The Morgan fingerprint density at radius 1 is 1.46 bits per heavy atom. The maximum Gasteiger partial charge on any atom is 0.327 e. The number of imidazole rings is 1. The van der Waals surface area contributed by atoms with Crippen molar-refractivity contribution in [3.63, 3.8) is 0 Å². The zero-order valence-corrected chi connectivity index (χ0v) is 15.9. The number of thioether (sulfide) groups is 1. The molecule has 1 amide bonds. The number of nitrogens with one attached hydrogen (secondary N) is 1. The van der Waals surface area contributed by atoms with Gasteiger partial charge in [0.25, 0.3) is 0 Å². The van der Waals surface area contributed by atoms with Crippen molar-refractivity contribution in [2.75, 3.05) is 11.5 Å². The predicted octanol–water partition coefficient (Wildman–Crippen LogP) is 1.98. The fourth-order valence-electron chi connectivity index (χ4n) is 2.14. The largest absolute Gasteiger partial charge is 0.480 e. The first-order valence-electron chi connectivity index (χ1n) is 7.73. The highest BCUT2D eigenvalue weighted by Gasteiger charge is 2.17. The van der Waals surface area contributed by atoms with Crippen molar-refractivity contribution in [1.82, 2.24) is 14.9 Å². The smallest absolute Gasteiger partial charge is 0.327 e. The minimum absolute atomic E-state index is 0. The third-order valence-electron chi connectivity index (χ3n) is 3.22. The fraction of sp³-hybridized carbons (Fsp3) is 0.667. The number of carboxylic acids is 1. The zero-order valence-electron chi connectivity index (χ0n) is 14.3. The van der Waals surface area contributed by atoms with Gasteiger partial charge in [0.2, 0.25) is 0 Å². The quantitative estimate of drug-likeness (QED) is 0.606. The Morgan fingerprint density at radius 3 is 2.67 bits per heavy atom. The predicted molar refractivity (Wildman–Crippen MR) is 99.0 cm³/mol. The molecule has 138 valence electrons. The van der Waals surface area contributed by atoms with Crippen LogP contribution in [0.15, 0.2) is 12.5 Å². The molecule has 0 aliphatic carbocycles. The van der Waals surface area contributed by atoms with Crippen molar-refractivity contribution < 1.29 is 14.7 Å². The van der Waals surface area contributed by atoms with Crippen LogP contribution in [0.4, 0.5) is 4.79 Å². The van der Waals surface area contributed by atoms with Crippen molar-refractivity contribution >= 4 is 36.2 Å². The summed E-state index contributed by atoms with van der Waals surface area (Å²) in [6.45, 7) is 6.34. The van der Waals surface area contributed by atoms with Gasteiger partial charge in [0, 0.05) is 24.4 Å². The molecule has 1 aromatic rings. The molecule has 2 atom stereocenters. The molecule has 0 saturated heterocycles. The molecule has 1 rings (SSSR count). The average Bonchev–Trinajstić information content (AvgIpc) is 2.92. The van der Waals surface area contributed by atoms with Gasteiger partial charge in [-0.1, -0.05) is 20.8 Å². The maximum atomic E-state index is 12.3. The van der Waals surface area contributed by atoms with Gasteiger partial charge in [-0.15, -0.1) is 12.4 Å². The summed E-state index contributed by atoms with van der Waals surface area (Å²) in [7, 11) is 0. The number of nitrogens with zero attached hydrogens (tertiary/aromatic N) is 2. The van der Waals surface area contributed by atoms with Crippen LogP contribution < -0.4 is 11.1 Å². The Balaban J connectivity index is 0.00000529. The van der Waals surface area contributed by atoms with E-state index in [-0.39, 0.29) is 30.9 Å². The third-order valence-corrected chi connectivity index (χ3v) is 4.27. The highest BCUT2D eigenvalue weighted by atomic mass is 35.5. The van der Waals surface area contributed by atoms with E-state index < -0.39 is 12.0 Å². The minimum atomic E-state index is -1.09. The lowest BCUT2D eigenvalue weighted by atomic mass is 10.1. The van der Waals surface area contributed by atoms with Crippen LogP contribution >= 0.6 is 24.2 Å². The number of rotatable bonds is 9. The number of amides is 1. The molecule has 7 nitrogen and oxygen atoms in total. The molecule has 0 radical (unpaired) electrons. The van der Waals surface area contributed by atoms with Crippen LogP contribution in [0.1, 0.15) is 32.9 Å². The van der Waals surface area contributed by atoms with E-state index in [1.165, 1.54) is 17.1 Å². The van der Waals surface area contributed by atoms with Gasteiger partial charge in [0.15, 0.2) is 0 Å². The lowest BCUT2D eigenvalue weighted by molar-refractivity contribution is -0.138. The number of carboxylic acid groups (broad SMARTS) is 1. The van der Waals surface area contributed by atoms with E-state index in [0.29, 0.717) is 11.6 Å². The summed E-state index contributed by atoms with van der Waals surface area (Å²) >= 11 is 1.79. The molecule has 0 aliphatic heterocycles. The van der Waals surface area contributed by atoms with Gasteiger partial charge in [0.05, 0.1) is 5.69 Å². The highest BCUT2D eigenvalue weighted by molar-refractivity contribution is 7.99. The Morgan fingerprint density at radius 2 is 2.12 bits per heavy atom. The molecule has 0 saturated carbocycles. The van der Waals surface area contributed by atoms with Crippen LogP contribution in [0, 0.1) is 5.92 Å². The molecular weight excluding hydrogens is 352 g/mol. The fourth-order valence-corrected chi connectivity index (χ4v) is 2.88. The average molecular weight is 379 g/mol. The van der Waals surface area contributed by atoms with E-state index in [1.807, 2.05) is 0 Å². The van der Waals surface area contributed by atoms with Crippen LogP contribution in [-0.2, 0) is 11.2 Å². The minimum Gasteiger partial charge on any atom is -0.480 e. The number of hydrogen-bond donors (Lipinski definition) is 3. The van der Waals surface area contributed by atoms with Crippen molar-refractivity contribution in [2.24, 2.45) is 11.7 Å². The Kier molecular flexibility index (Phi) is 10.7. The van der Waals surface area contributed by atoms with Crippen LogP contribution in [0.2, 0.25) is 0 Å². The van der Waals surface area contributed by atoms with Gasteiger partial charge in [-0.25, -0.2) is 9.78 Å². The van der Waals surface area contributed by atoms with E-state index in [4.69, 9.17) is 10.8 Å². The molecular formula is C15H27ClN4O3S. The van der Waals surface area contributed by atoms with E-state index >= 15 is 0 Å². The third kappa shape index (κ3) is 8.03. The van der Waals surface area contributed by atoms with Crippen LogP contribution in [-0.4, -0.2) is 50.2 Å². The van der Waals surface area contributed by atoms with Gasteiger partial charge in [-0.3, -0.25) is 9.36 Å². The lowest BCUT2D eigenvalue weighted by Crippen LogP contribution is -2.39. The standard InChI is InChI=1S/C15H26N4O3S.ClH/c1-4-23-8-12(5-10(2)3)18-15(22)19-7-11(17-9-19)6-13(16)14(20)21;/h7,9-10,12-13H,4-6,8,16H2,1-3H3,(H,18,22)(H,20,21);1H/t12-,13-;/m0./s1. The first-order chi connectivity index (χ1) is 10.8. The molecule has 0 aromatic carbocycles. The van der Waals surface area contributed by atoms with E-state index in [9.17, 15) is 9.59 Å². The second-order valence-electron chi connectivity index (χ2n) is 5.86. The van der Waals surface area contributed by atoms with Crippen LogP contribution in [0.5, 0.6) is 0 Å². The van der Waals surface area contributed by atoms with Crippen LogP contribution in [0.25, 0.3) is 0 Å². The molecule has 0 aliphatic rings. The summed E-state index contributed by atoms with van der Waals surface area (Å²) in [6, 6.07) is -1.18. The highest BCUT2D eigenvalue weighted by Crippen LogP contribution is 2.11. The number of carbonyl (C=O) groups excluding carboxylic acids is 1. The number of hydrogen-bond acceptors (Lipinski definition) is 5. The molecule has 0 unspecified atom stereocenters. The number of halogens is 1. The molecule has 9 heteroatoms. The van der Waals surface area contributed by atoms with Gasteiger partial charge >= 0.3 is 12.0 Å². The number of carbonyl (C=O) groups is 2. The Labute approximate surface area is 153 Å². The summed E-state index contributed by atoms with van der Waals surface area (Å²) in [4.78, 5) is 27.1. The van der Waals surface area contributed by atoms with Gasteiger partial charge < -0.3 is 16.2 Å². The van der Waals surface area contributed by atoms with Gasteiger partial charge in [0.1, 0.15) is 12.4 Å². The molecule has 0 bridgehead atoms. The van der Waals surface area contributed by atoms with Crippen LogP contribution in [0.3, 0.4) is 0 Å². The van der Waals surface area contributed by atoms with E-state index in [0.717, 1.165) is 17.9 Å². The number of aromatic nitrogens is 2. The summed E-state index contributed by atoms with van der Waals surface area (Å²) in [6.07, 6.45) is 3.91. The molecule has 1 aromatic heterocycles. The SMILES string of the molecule is CCSC[C@H](CC(C)C)NC(=O)n1cnc(C[C@H](N)C(=O)O)c1.Cl. The first-order valence-corrected chi connectivity index (χ1v) is 8.88. The first kappa shape index (κ1) is 22.8. The molecule has 24 heavy (non-hydrogen) atoms. The van der Waals surface area contributed by atoms with E-state index in [1.54, 1.807) is 11.8 Å². The van der Waals surface area contributed by atoms with Crippen molar-refractivity contribution in [1.29, 1.82) is 0 Å². The van der Waals surface area contributed by atoms with Crippen molar-refractivity contribution in [3.05, 3.63) is 18.2 Å². The zero-order chi connectivity index (χ0) is 17.4. The van der Waals surface area contributed by atoms with Gasteiger partial charge in [-0.2, -0.15) is 11.8 Å². The molecule has 1 heterocycles. The molecule has 0 spiro atoms. The maximum absolute atomic E-state index is 12.3. The summed E-state index contributed by atoms with van der Waals surface area (Å²) in [5, 5.41) is 11.8. The monoisotopic (exact) mass is 378 g/mol. The topological polar surface area (TPSA) is 110 Å². The lowest BCUT2D eigenvalue weighted by Gasteiger charge is -2.20. The summed E-state index contributed by atoms with van der Waals surface area (Å²) in [5.74, 6) is 1.28. The molecule has 4 N–H and O–H groups in total. The second kappa shape index (κ2) is 11.3. The Bertz CT molecular complexity index is 525. The van der Waals surface area contributed by atoms with Crippen molar-refractivity contribution in [3.8, 4) is 0 Å². The number of nitrogens with two attached hydrogens (primary N) is 1. The second-order valence-corrected chi connectivity index (χ2v) is 7.18. The van der Waals surface area contributed by atoms with Crippen molar-refractivity contribution in [2.45, 2.75) is 45.7 Å².